The Morgan fingerprint density at radius 2 is 1.84 bits per heavy atom. The number of nitrogens with zero attached hydrogens (tertiary/aromatic N) is 1. The minimum absolute atomic E-state index is 0.228. The molecule has 3 aromatic rings. The Labute approximate surface area is 143 Å². The molecule has 0 bridgehead atoms. The van der Waals surface area contributed by atoms with Gasteiger partial charge in [-0.1, -0.05) is 23.8 Å². The van der Waals surface area contributed by atoms with Crippen LogP contribution in [0.1, 0.15) is 27.2 Å². The van der Waals surface area contributed by atoms with Gasteiger partial charge in [0.15, 0.2) is 0 Å². The largest absolute Gasteiger partial charge is 0.318 e. The molecule has 1 amide bonds. The number of aromatic nitrogens is 2. The lowest BCUT2D eigenvalue weighted by Gasteiger charge is -2.10. The van der Waals surface area contributed by atoms with Crippen molar-refractivity contribution in [3.05, 3.63) is 70.4 Å². The topological polar surface area (TPSA) is 57.8 Å². The first kappa shape index (κ1) is 16.8. The van der Waals surface area contributed by atoms with Crippen molar-refractivity contribution in [2.75, 3.05) is 5.32 Å². The van der Waals surface area contributed by atoms with Gasteiger partial charge in [-0.3, -0.25) is 9.89 Å². The van der Waals surface area contributed by atoms with Crippen molar-refractivity contribution in [3.8, 4) is 11.3 Å². The number of H-pyrrole nitrogens is 1. The van der Waals surface area contributed by atoms with E-state index in [2.05, 4.69) is 15.5 Å². The number of anilines is 1. The van der Waals surface area contributed by atoms with Gasteiger partial charge in [0.2, 0.25) is 0 Å². The van der Waals surface area contributed by atoms with Crippen LogP contribution in [0.5, 0.6) is 0 Å². The number of halogens is 2. The molecular weight excluding hydrogens is 324 g/mol. The maximum absolute atomic E-state index is 13.8. The summed E-state index contributed by atoms with van der Waals surface area (Å²) in [6.07, 6.45) is 0. The Bertz CT molecular complexity index is 963. The summed E-state index contributed by atoms with van der Waals surface area (Å²) in [5, 5.41) is 9.79. The molecular formula is C19H17F2N3O. The average Bonchev–Trinajstić information content (AvgIpc) is 2.88. The molecule has 1 aromatic heterocycles. The minimum atomic E-state index is -0.910. The Balaban J connectivity index is 1.98. The lowest BCUT2D eigenvalue weighted by Crippen LogP contribution is -2.15. The SMILES string of the molecule is Cc1ccc(-c2n[nH]c(C)c2NC(=O)c2ccc(F)cc2F)c(C)c1. The quantitative estimate of drug-likeness (QED) is 0.735. The summed E-state index contributed by atoms with van der Waals surface area (Å²) >= 11 is 0. The third-order valence-corrected chi connectivity index (χ3v) is 4.00. The molecule has 1 heterocycles. The molecule has 0 aliphatic rings. The van der Waals surface area contributed by atoms with Crippen LogP contribution in [0.15, 0.2) is 36.4 Å². The van der Waals surface area contributed by atoms with Crippen LogP contribution in [0.3, 0.4) is 0 Å². The average molecular weight is 341 g/mol. The number of amides is 1. The van der Waals surface area contributed by atoms with E-state index in [-0.39, 0.29) is 5.56 Å². The second kappa shape index (κ2) is 6.47. The molecule has 0 radical (unpaired) electrons. The summed E-state index contributed by atoms with van der Waals surface area (Å²) in [6.45, 7) is 5.71. The van der Waals surface area contributed by atoms with Crippen molar-refractivity contribution in [3.63, 3.8) is 0 Å². The van der Waals surface area contributed by atoms with Crippen molar-refractivity contribution < 1.29 is 13.6 Å². The Morgan fingerprint density at radius 1 is 1.08 bits per heavy atom. The second-order valence-electron chi connectivity index (χ2n) is 5.97. The normalized spacial score (nSPS) is 10.8. The van der Waals surface area contributed by atoms with E-state index in [9.17, 15) is 13.6 Å². The van der Waals surface area contributed by atoms with Crippen LogP contribution in [-0.4, -0.2) is 16.1 Å². The fourth-order valence-electron chi connectivity index (χ4n) is 2.71. The van der Waals surface area contributed by atoms with E-state index in [1.807, 2.05) is 32.0 Å². The fourth-order valence-corrected chi connectivity index (χ4v) is 2.71. The maximum Gasteiger partial charge on any atom is 0.258 e. The number of hydrogen-bond acceptors (Lipinski definition) is 2. The molecule has 0 saturated carbocycles. The number of carbonyl (C=O) groups excluding carboxylic acids is 1. The van der Waals surface area contributed by atoms with Gasteiger partial charge in [0, 0.05) is 11.6 Å². The third-order valence-electron chi connectivity index (χ3n) is 4.00. The summed E-state index contributed by atoms with van der Waals surface area (Å²) in [7, 11) is 0. The summed E-state index contributed by atoms with van der Waals surface area (Å²) in [5.74, 6) is -2.30. The molecule has 4 nitrogen and oxygen atoms in total. The van der Waals surface area contributed by atoms with Gasteiger partial charge in [0.05, 0.1) is 16.9 Å². The van der Waals surface area contributed by atoms with Gasteiger partial charge in [-0.05, 0) is 38.5 Å². The van der Waals surface area contributed by atoms with Gasteiger partial charge < -0.3 is 5.32 Å². The lowest BCUT2D eigenvalue weighted by atomic mass is 10.0. The molecule has 3 rings (SSSR count). The molecule has 0 spiro atoms. The summed E-state index contributed by atoms with van der Waals surface area (Å²) in [6, 6.07) is 8.75. The van der Waals surface area contributed by atoms with E-state index in [4.69, 9.17) is 0 Å². The first-order chi connectivity index (χ1) is 11.9. The zero-order valence-corrected chi connectivity index (χ0v) is 14.1. The highest BCUT2D eigenvalue weighted by atomic mass is 19.1. The zero-order valence-electron chi connectivity index (χ0n) is 14.1. The van der Waals surface area contributed by atoms with Gasteiger partial charge >= 0.3 is 0 Å². The molecule has 0 saturated heterocycles. The predicted molar refractivity (Wildman–Crippen MR) is 92.5 cm³/mol. The molecule has 128 valence electrons. The number of rotatable bonds is 3. The van der Waals surface area contributed by atoms with Crippen LogP contribution >= 0.6 is 0 Å². The second-order valence-corrected chi connectivity index (χ2v) is 5.97. The van der Waals surface area contributed by atoms with Crippen molar-refractivity contribution in [2.45, 2.75) is 20.8 Å². The Kier molecular flexibility index (Phi) is 4.35. The van der Waals surface area contributed by atoms with Crippen molar-refractivity contribution in [2.24, 2.45) is 0 Å². The van der Waals surface area contributed by atoms with E-state index < -0.39 is 17.5 Å². The maximum atomic E-state index is 13.8. The standard InChI is InChI=1S/C19H17F2N3O/c1-10-4-6-14(11(2)8-10)18-17(12(3)23-24-18)22-19(25)15-7-5-13(20)9-16(15)21/h4-9H,1-3H3,(H,22,25)(H,23,24). The lowest BCUT2D eigenvalue weighted by molar-refractivity contribution is 0.102. The molecule has 0 fully saturated rings. The minimum Gasteiger partial charge on any atom is -0.318 e. The van der Waals surface area contributed by atoms with Crippen molar-refractivity contribution in [1.82, 2.24) is 10.2 Å². The zero-order chi connectivity index (χ0) is 18.1. The number of carbonyl (C=O) groups is 1. The first-order valence-electron chi connectivity index (χ1n) is 7.76. The molecule has 0 atom stereocenters. The highest BCUT2D eigenvalue weighted by Gasteiger charge is 2.19. The third kappa shape index (κ3) is 3.28. The smallest absolute Gasteiger partial charge is 0.258 e. The molecule has 25 heavy (non-hydrogen) atoms. The number of benzene rings is 2. The van der Waals surface area contributed by atoms with Crippen LogP contribution < -0.4 is 5.32 Å². The highest BCUT2D eigenvalue weighted by molar-refractivity contribution is 6.06. The van der Waals surface area contributed by atoms with E-state index in [0.717, 1.165) is 28.8 Å². The van der Waals surface area contributed by atoms with Gasteiger partial charge in [0.1, 0.15) is 17.3 Å². The van der Waals surface area contributed by atoms with Crippen LogP contribution in [0.4, 0.5) is 14.5 Å². The first-order valence-corrected chi connectivity index (χ1v) is 7.76. The molecule has 0 unspecified atom stereocenters. The van der Waals surface area contributed by atoms with Gasteiger partial charge in [-0.15, -0.1) is 0 Å². The molecule has 0 aliphatic carbocycles. The molecule has 2 N–H and O–H groups in total. The van der Waals surface area contributed by atoms with Crippen LogP contribution in [0, 0.1) is 32.4 Å². The molecule has 6 heteroatoms. The Hall–Kier alpha value is -3.02. The van der Waals surface area contributed by atoms with Gasteiger partial charge in [-0.25, -0.2) is 8.78 Å². The summed E-state index contributed by atoms with van der Waals surface area (Å²) < 4.78 is 26.9. The molecule has 2 aromatic carbocycles. The number of aryl methyl sites for hydroxylation is 3. The van der Waals surface area contributed by atoms with Gasteiger partial charge in [0.25, 0.3) is 5.91 Å². The van der Waals surface area contributed by atoms with E-state index in [1.165, 1.54) is 0 Å². The van der Waals surface area contributed by atoms with E-state index in [1.54, 1.807) is 6.92 Å². The van der Waals surface area contributed by atoms with Crippen LogP contribution in [0.2, 0.25) is 0 Å². The predicted octanol–water partition coefficient (Wildman–Crippen LogP) is 4.53. The molecule has 0 aliphatic heterocycles. The van der Waals surface area contributed by atoms with Crippen molar-refractivity contribution >= 4 is 11.6 Å². The van der Waals surface area contributed by atoms with Crippen LogP contribution in [-0.2, 0) is 0 Å². The fraction of sp³-hybridized carbons (Fsp3) is 0.158. The number of nitrogens with one attached hydrogen (secondary N) is 2. The number of aromatic amines is 1. The Morgan fingerprint density at radius 3 is 2.52 bits per heavy atom. The van der Waals surface area contributed by atoms with Crippen molar-refractivity contribution in [1.29, 1.82) is 0 Å². The number of hydrogen-bond donors (Lipinski definition) is 2. The van der Waals surface area contributed by atoms with E-state index >= 15 is 0 Å². The van der Waals surface area contributed by atoms with Gasteiger partial charge in [-0.2, -0.15) is 5.10 Å². The monoisotopic (exact) mass is 341 g/mol. The summed E-state index contributed by atoms with van der Waals surface area (Å²) in [4.78, 5) is 12.4. The summed E-state index contributed by atoms with van der Waals surface area (Å²) in [5.41, 5.74) is 4.46. The van der Waals surface area contributed by atoms with E-state index in [0.29, 0.717) is 23.1 Å². The van der Waals surface area contributed by atoms with Crippen LogP contribution in [0.25, 0.3) is 11.3 Å². The highest BCUT2D eigenvalue weighted by Crippen LogP contribution is 2.31.